The predicted octanol–water partition coefficient (Wildman–Crippen LogP) is 3.50. The second kappa shape index (κ2) is 17.2. The topological polar surface area (TPSA) is 140 Å². The van der Waals surface area contributed by atoms with E-state index < -0.39 is 27.9 Å². The molecule has 0 aliphatic rings. The summed E-state index contributed by atoms with van der Waals surface area (Å²) < 4.78 is 25.9. The summed E-state index contributed by atoms with van der Waals surface area (Å²) in [6.45, 7) is 9.55. The minimum absolute atomic E-state index is 0.147. The molecule has 0 aliphatic heterocycles. The van der Waals surface area contributed by atoms with E-state index in [0.29, 0.717) is 25.4 Å². The zero-order chi connectivity index (χ0) is 33.9. The van der Waals surface area contributed by atoms with E-state index in [1.807, 2.05) is 67.6 Å². The van der Waals surface area contributed by atoms with Gasteiger partial charge in [0.05, 0.1) is 24.1 Å². The summed E-state index contributed by atoms with van der Waals surface area (Å²) >= 11 is 0. The largest absolute Gasteiger partial charge is 0.392 e. The van der Waals surface area contributed by atoms with Gasteiger partial charge >= 0.3 is 0 Å². The monoisotopic (exact) mass is 651 g/mol. The Balaban J connectivity index is 1.88. The fourth-order valence-electron chi connectivity index (χ4n) is 4.93. The van der Waals surface area contributed by atoms with E-state index in [4.69, 9.17) is 0 Å². The molecule has 0 radical (unpaired) electrons. The Kier molecular flexibility index (Phi) is 13.7. The highest BCUT2D eigenvalue weighted by Crippen LogP contribution is 2.22. The first kappa shape index (κ1) is 36.7. The zero-order valence-corrected chi connectivity index (χ0v) is 28.5. The lowest BCUT2D eigenvalue weighted by Crippen LogP contribution is -2.52. The summed E-state index contributed by atoms with van der Waals surface area (Å²) in [7, 11) is -2.30. The normalized spacial score (nSPS) is 14.3. The van der Waals surface area contributed by atoms with E-state index >= 15 is 0 Å². The molecule has 11 heteroatoms. The van der Waals surface area contributed by atoms with E-state index in [0.717, 1.165) is 28.2 Å². The van der Waals surface area contributed by atoms with Gasteiger partial charge in [-0.3, -0.25) is 13.9 Å². The van der Waals surface area contributed by atoms with Crippen molar-refractivity contribution in [1.29, 1.82) is 0 Å². The Bertz CT molecular complexity index is 1520. The standard InChI is InChI=1S/C35H49N5O5S/c1-24(2)21-36-23-33(26(4)41)37-22-31(17-27-13-9-7-10-14-27)39-35(43)30-18-29(19-32(20-30)40(5)46(6,44)45)34(42)38-25(3)28-15-11-8-12-16-28/h7-16,18-20,24-26,31,33,36-37,41H,17,21-23H2,1-6H3,(H,38,42)(H,39,43). The number of rotatable bonds is 17. The maximum absolute atomic E-state index is 13.8. The number of hydrogen-bond donors (Lipinski definition) is 5. The molecule has 3 rings (SSSR count). The Morgan fingerprint density at radius 2 is 1.37 bits per heavy atom. The molecule has 0 aliphatic carbocycles. The van der Waals surface area contributed by atoms with Gasteiger partial charge in [-0.2, -0.15) is 0 Å². The average Bonchev–Trinajstić information content (AvgIpc) is 3.02. The number of benzene rings is 3. The van der Waals surface area contributed by atoms with Gasteiger partial charge in [-0.05, 0) is 62.1 Å². The number of nitrogens with one attached hydrogen (secondary N) is 4. The third-order valence-electron chi connectivity index (χ3n) is 7.74. The number of carbonyl (C=O) groups is 2. The van der Waals surface area contributed by atoms with Crippen molar-refractivity contribution in [2.75, 3.05) is 37.2 Å². The molecule has 250 valence electrons. The molecule has 10 nitrogen and oxygen atoms in total. The van der Waals surface area contributed by atoms with E-state index in [1.165, 1.54) is 25.2 Å². The lowest BCUT2D eigenvalue weighted by atomic mass is 10.0. The molecular weight excluding hydrogens is 602 g/mol. The van der Waals surface area contributed by atoms with Crippen LogP contribution in [0.1, 0.15) is 65.6 Å². The van der Waals surface area contributed by atoms with Gasteiger partial charge < -0.3 is 26.4 Å². The smallest absolute Gasteiger partial charge is 0.251 e. The first-order chi connectivity index (χ1) is 21.7. The Morgan fingerprint density at radius 3 is 1.91 bits per heavy atom. The summed E-state index contributed by atoms with van der Waals surface area (Å²) in [4.78, 5) is 27.2. The van der Waals surface area contributed by atoms with Crippen LogP contribution in [0.5, 0.6) is 0 Å². The molecule has 0 aromatic heterocycles. The molecule has 2 amide bonds. The van der Waals surface area contributed by atoms with E-state index in [-0.39, 0.29) is 34.9 Å². The molecule has 3 aromatic rings. The predicted molar refractivity (Wildman–Crippen MR) is 185 cm³/mol. The third-order valence-corrected chi connectivity index (χ3v) is 8.94. The number of anilines is 1. The van der Waals surface area contributed by atoms with Crippen molar-refractivity contribution in [3.05, 3.63) is 101 Å². The summed E-state index contributed by atoms with van der Waals surface area (Å²) in [5.74, 6) is -0.431. The van der Waals surface area contributed by atoms with Crippen LogP contribution >= 0.6 is 0 Å². The molecule has 0 saturated carbocycles. The van der Waals surface area contributed by atoms with Crippen LogP contribution in [0.3, 0.4) is 0 Å². The van der Waals surface area contributed by atoms with Gasteiger partial charge in [0.25, 0.3) is 11.8 Å². The number of amides is 2. The molecule has 4 unspecified atom stereocenters. The highest BCUT2D eigenvalue weighted by molar-refractivity contribution is 7.92. The van der Waals surface area contributed by atoms with Crippen LogP contribution in [0.15, 0.2) is 78.9 Å². The van der Waals surface area contributed by atoms with Crippen molar-refractivity contribution in [2.45, 2.75) is 58.3 Å². The van der Waals surface area contributed by atoms with Gasteiger partial charge in [0, 0.05) is 43.3 Å². The van der Waals surface area contributed by atoms with Crippen LogP contribution in [0.2, 0.25) is 0 Å². The van der Waals surface area contributed by atoms with Gasteiger partial charge in [-0.15, -0.1) is 0 Å². The van der Waals surface area contributed by atoms with Gasteiger partial charge in [0.2, 0.25) is 10.0 Å². The van der Waals surface area contributed by atoms with Crippen LogP contribution in [0, 0.1) is 5.92 Å². The Morgan fingerprint density at radius 1 is 0.804 bits per heavy atom. The van der Waals surface area contributed by atoms with Crippen LogP contribution in [-0.2, 0) is 16.4 Å². The second-order valence-corrected chi connectivity index (χ2v) is 14.3. The van der Waals surface area contributed by atoms with Crippen molar-refractivity contribution >= 4 is 27.5 Å². The minimum Gasteiger partial charge on any atom is -0.392 e. The van der Waals surface area contributed by atoms with Gasteiger partial charge in [-0.25, -0.2) is 8.42 Å². The van der Waals surface area contributed by atoms with Crippen molar-refractivity contribution in [3.8, 4) is 0 Å². The molecule has 0 fully saturated rings. The van der Waals surface area contributed by atoms with Crippen LogP contribution in [-0.4, -0.2) is 76.5 Å². The first-order valence-electron chi connectivity index (χ1n) is 15.7. The molecule has 3 aromatic carbocycles. The van der Waals surface area contributed by atoms with Crippen LogP contribution in [0.4, 0.5) is 5.69 Å². The quantitative estimate of drug-likeness (QED) is 0.151. The molecular formula is C35H49N5O5S. The molecule has 46 heavy (non-hydrogen) atoms. The fourth-order valence-corrected chi connectivity index (χ4v) is 5.42. The van der Waals surface area contributed by atoms with Crippen molar-refractivity contribution < 1.29 is 23.1 Å². The Labute approximate surface area is 274 Å². The number of hydrogen-bond acceptors (Lipinski definition) is 7. The van der Waals surface area contributed by atoms with E-state index in [2.05, 4.69) is 35.1 Å². The van der Waals surface area contributed by atoms with E-state index in [9.17, 15) is 23.1 Å². The van der Waals surface area contributed by atoms with Crippen LogP contribution < -0.4 is 25.6 Å². The molecule has 0 spiro atoms. The van der Waals surface area contributed by atoms with Gasteiger partial charge in [0.1, 0.15) is 0 Å². The number of aliphatic hydroxyl groups is 1. The second-order valence-electron chi connectivity index (χ2n) is 12.3. The van der Waals surface area contributed by atoms with Gasteiger partial charge in [-0.1, -0.05) is 74.5 Å². The summed E-state index contributed by atoms with van der Waals surface area (Å²) in [6, 6.07) is 22.7. The van der Waals surface area contributed by atoms with E-state index in [1.54, 1.807) is 6.92 Å². The third kappa shape index (κ3) is 11.5. The number of carbonyl (C=O) groups excluding carboxylic acids is 2. The number of sulfonamides is 1. The maximum atomic E-state index is 13.8. The van der Waals surface area contributed by atoms with Crippen molar-refractivity contribution in [2.24, 2.45) is 5.92 Å². The summed E-state index contributed by atoms with van der Waals surface area (Å²) in [6.07, 6.45) is 0.944. The number of nitrogens with zero attached hydrogens (tertiary/aromatic N) is 1. The SMILES string of the molecule is CC(C)CNCC(NCC(Cc1ccccc1)NC(=O)c1cc(C(=O)NC(C)c2ccccc2)cc(N(C)S(C)(=O)=O)c1)C(C)O. The average molecular weight is 652 g/mol. The van der Waals surface area contributed by atoms with Crippen molar-refractivity contribution in [1.82, 2.24) is 21.3 Å². The maximum Gasteiger partial charge on any atom is 0.251 e. The van der Waals surface area contributed by atoms with Crippen molar-refractivity contribution in [3.63, 3.8) is 0 Å². The molecule has 0 saturated heterocycles. The van der Waals surface area contributed by atoms with Gasteiger partial charge in [0.15, 0.2) is 0 Å². The highest BCUT2D eigenvalue weighted by atomic mass is 32.2. The lowest BCUT2D eigenvalue weighted by Gasteiger charge is -2.27. The fraction of sp³-hybridized carbons (Fsp3) is 0.429. The zero-order valence-electron chi connectivity index (χ0n) is 27.7. The first-order valence-corrected chi connectivity index (χ1v) is 17.5. The molecule has 0 heterocycles. The lowest BCUT2D eigenvalue weighted by molar-refractivity contribution is 0.0932. The minimum atomic E-state index is -3.68. The highest BCUT2D eigenvalue weighted by Gasteiger charge is 2.23. The van der Waals surface area contributed by atoms with Crippen LogP contribution in [0.25, 0.3) is 0 Å². The molecule has 4 atom stereocenters. The summed E-state index contributed by atoms with van der Waals surface area (Å²) in [5, 5.41) is 23.2. The molecule has 0 bridgehead atoms. The Hall–Kier alpha value is -3.77. The molecule has 5 N–H and O–H groups in total. The number of aliphatic hydroxyl groups excluding tert-OH is 1. The summed E-state index contributed by atoms with van der Waals surface area (Å²) in [5.41, 5.74) is 2.42.